The quantitative estimate of drug-likeness (QED) is 0.690. The van der Waals surface area contributed by atoms with E-state index >= 15 is 0 Å². The van der Waals surface area contributed by atoms with Crippen LogP contribution in [0.25, 0.3) is 0 Å². The van der Waals surface area contributed by atoms with Crippen LogP contribution in [-0.4, -0.2) is 37.5 Å². The molecule has 1 unspecified atom stereocenters. The lowest BCUT2D eigenvalue weighted by Gasteiger charge is -2.19. The number of anilines is 1. The summed E-state index contributed by atoms with van der Waals surface area (Å²) in [5, 5.41) is 5.38. The molecule has 21 heavy (non-hydrogen) atoms. The molecule has 1 fully saturated rings. The Hall–Kier alpha value is -1.88. The second kappa shape index (κ2) is 7.22. The maximum atomic E-state index is 11.9. The Balaban J connectivity index is 1.81. The predicted molar refractivity (Wildman–Crippen MR) is 82.2 cm³/mol. The lowest BCUT2D eigenvalue weighted by Crippen LogP contribution is -3.14. The highest BCUT2D eigenvalue weighted by atomic mass is 16.2. The highest BCUT2D eigenvalue weighted by Crippen LogP contribution is 2.09. The van der Waals surface area contributed by atoms with Gasteiger partial charge in [0.1, 0.15) is 6.04 Å². The van der Waals surface area contributed by atoms with Crippen LogP contribution in [-0.2, 0) is 9.59 Å². The van der Waals surface area contributed by atoms with Gasteiger partial charge in [-0.3, -0.25) is 9.59 Å². The molecule has 1 aliphatic rings. The monoisotopic (exact) mass is 290 g/mol. The Morgan fingerprint density at radius 1 is 1.33 bits per heavy atom. The molecule has 0 spiro atoms. The molecule has 0 bridgehead atoms. The van der Waals surface area contributed by atoms with E-state index in [-0.39, 0.29) is 0 Å². The van der Waals surface area contributed by atoms with Crippen LogP contribution in [0.5, 0.6) is 0 Å². The maximum absolute atomic E-state index is 11.9. The van der Waals surface area contributed by atoms with Gasteiger partial charge in [-0.2, -0.15) is 0 Å². The molecule has 0 radical (unpaired) electrons. The molecular weight excluding hydrogens is 266 g/mol. The van der Waals surface area contributed by atoms with E-state index in [1.165, 1.54) is 11.3 Å². The summed E-state index contributed by atoms with van der Waals surface area (Å²) in [7, 11) is 0. The van der Waals surface area contributed by atoms with Gasteiger partial charge in [0.05, 0.1) is 19.6 Å². The fraction of sp³-hybridized carbons (Fsp3) is 0.500. The van der Waals surface area contributed by atoms with Crippen LogP contribution in [0.4, 0.5) is 5.69 Å². The largest absolute Gasteiger partial charge is 0.342 e. The first-order valence-electron chi connectivity index (χ1n) is 7.60. The normalized spacial score (nSPS) is 21.0. The lowest BCUT2D eigenvalue weighted by atomic mass is 10.2. The molecule has 5 heteroatoms. The summed E-state index contributed by atoms with van der Waals surface area (Å²) >= 11 is 0. The number of aryl methyl sites for hydroxylation is 1. The first-order chi connectivity index (χ1) is 10.1. The third-order valence-corrected chi connectivity index (χ3v) is 4.07. The standard InChI is InChI=1S/C16H23N3O2/c1-3-19-9-5-8-14(19)11-17-15(20)16(21)18-13-7-4-6-12(2)10-13/h4,6-7,10,14H,3,5,8-9,11H2,1-2H3,(H,17,20)(H,18,21)/p+1/t14-/m1/s1. The molecular formula is C16H24N3O2+. The summed E-state index contributed by atoms with van der Waals surface area (Å²) in [4.78, 5) is 25.2. The Kier molecular flexibility index (Phi) is 5.33. The number of carbonyl (C=O) groups excluding carboxylic acids is 2. The van der Waals surface area contributed by atoms with E-state index in [0.29, 0.717) is 18.3 Å². The van der Waals surface area contributed by atoms with Crippen LogP contribution < -0.4 is 15.5 Å². The summed E-state index contributed by atoms with van der Waals surface area (Å²) in [5.74, 6) is -1.16. The van der Waals surface area contributed by atoms with Gasteiger partial charge in [-0.1, -0.05) is 12.1 Å². The fourth-order valence-corrected chi connectivity index (χ4v) is 2.90. The molecule has 1 aromatic carbocycles. The zero-order chi connectivity index (χ0) is 15.2. The second-order valence-electron chi connectivity index (χ2n) is 5.63. The fourth-order valence-electron chi connectivity index (χ4n) is 2.90. The molecule has 2 atom stereocenters. The smallest absolute Gasteiger partial charge is 0.313 e. The number of rotatable bonds is 4. The molecule has 5 nitrogen and oxygen atoms in total. The van der Waals surface area contributed by atoms with E-state index in [1.54, 1.807) is 6.07 Å². The first-order valence-corrected chi connectivity index (χ1v) is 7.60. The molecule has 0 saturated carbocycles. The van der Waals surface area contributed by atoms with E-state index in [2.05, 4.69) is 17.6 Å². The Morgan fingerprint density at radius 3 is 2.86 bits per heavy atom. The van der Waals surface area contributed by atoms with Crippen LogP contribution in [0.3, 0.4) is 0 Å². The molecule has 2 rings (SSSR count). The topological polar surface area (TPSA) is 62.6 Å². The number of benzene rings is 1. The van der Waals surface area contributed by atoms with E-state index < -0.39 is 11.8 Å². The van der Waals surface area contributed by atoms with E-state index in [1.807, 2.05) is 25.1 Å². The Morgan fingerprint density at radius 2 is 2.14 bits per heavy atom. The van der Waals surface area contributed by atoms with Gasteiger partial charge < -0.3 is 15.5 Å². The van der Waals surface area contributed by atoms with Gasteiger partial charge in [0.25, 0.3) is 0 Å². The van der Waals surface area contributed by atoms with Crippen LogP contribution in [0.15, 0.2) is 24.3 Å². The van der Waals surface area contributed by atoms with Gasteiger partial charge in [0.2, 0.25) is 0 Å². The van der Waals surface area contributed by atoms with Crippen molar-refractivity contribution in [2.45, 2.75) is 32.7 Å². The van der Waals surface area contributed by atoms with Crippen molar-refractivity contribution < 1.29 is 14.5 Å². The highest BCUT2D eigenvalue weighted by molar-refractivity contribution is 6.39. The number of hydrogen-bond acceptors (Lipinski definition) is 2. The number of nitrogens with one attached hydrogen (secondary N) is 3. The highest BCUT2D eigenvalue weighted by Gasteiger charge is 2.27. The first kappa shape index (κ1) is 15.5. The summed E-state index contributed by atoms with van der Waals surface area (Å²) < 4.78 is 0. The Labute approximate surface area is 125 Å². The number of quaternary nitrogens is 1. The van der Waals surface area contributed by atoms with Crippen molar-refractivity contribution in [1.82, 2.24) is 5.32 Å². The van der Waals surface area contributed by atoms with E-state index in [0.717, 1.165) is 25.1 Å². The van der Waals surface area contributed by atoms with Gasteiger partial charge >= 0.3 is 11.8 Å². The molecule has 0 aliphatic carbocycles. The number of likely N-dealkylation sites (N-methyl/N-ethyl adjacent to an activating group) is 1. The average Bonchev–Trinajstić information content (AvgIpc) is 2.92. The number of likely N-dealkylation sites (tertiary alicyclic amines) is 1. The van der Waals surface area contributed by atoms with E-state index in [9.17, 15) is 9.59 Å². The lowest BCUT2D eigenvalue weighted by molar-refractivity contribution is -0.909. The number of hydrogen-bond donors (Lipinski definition) is 3. The van der Waals surface area contributed by atoms with E-state index in [4.69, 9.17) is 0 Å². The number of carbonyl (C=O) groups is 2. The third kappa shape index (κ3) is 4.29. The zero-order valence-electron chi connectivity index (χ0n) is 12.7. The Bertz CT molecular complexity index is 516. The minimum Gasteiger partial charge on any atom is -0.342 e. The van der Waals surface area contributed by atoms with Gasteiger partial charge in [0, 0.05) is 18.5 Å². The van der Waals surface area contributed by atoms with Crippen LogP contribution in [0.1, 0.15) is 25.3 Å². The number of amides is 2. The van der Waals surface area contributed by atoms with Gasteiger partial charge in [-0.25, -0.2) is 0 Å². The maximum Gasteiger partial charge on any atom is 0.313 e. The van der Waals surface area contributed by atoms with Gasteiger partial charge in [-0.05, 0) is 31.5 Å². The molecule has 0 aromatic heterocycles. The minimum atomic E-state index is -0.600. The van der Waals surface area contributed by atoms with Gasteiger partial charge in [-0.15, -0.1) is 0 Å². The zero-order valence-corrected chi connectivity index (χ0v) is 12.7. The molecule has 1 aromatic rings. The summed E-state index contributed by atoms with van der Waals surface area (Å²) in [6, 6.07) is 7.84. The minimum absolute atomic E-state index is 0.436. The van der Waals surface area contributed by atoms with Crippen molar-refractivity contribution in [3.63, 3.8) is 0 Å². The molecule has 114 valence electrons. The predicted octanol–water partition coefficient (Wildman–Crippen LogP) is 0.117. The summed E-state index contributed by atoms with van der Waals surface area (Å²) in [6.45, 7) is 6.89. The molecule has 3 N–H and O–H groups in total. The average molecular weight is 290 g/mol. The molecule has 1 saturated heterocycles. The second-order valence-corrected chi connectivity index (χ2v) is 5.63. The SMILES string of the molecule is CC[NH+]1CCC[C@@H]1CNC(=O)C(=O)Nc1cccc(C)c1. The van der Waals surface area contributed by atoms with Crippen molar-refractivity contribution >= 4 is 17.5 Å². The molecule has 1 heterocycles. The molecule has 2 amide bonds. The summed E-state index contributed by atoms with van der Waals surface area (Å²) in [5.41, 5.74) is 1.69. The van der Waals surface area contributed by atoms with Crippen molar-refractivity contribution in [2.24, 2.45) is 0 Å². The van der Waals surface area contributed by atoms with Crippen molar-refractivity contribution in [3.8, 4) is 0 Å². The molecule has 1 aliphatic heterocycles. The summed E-state index contributed by atoms with van der Waals surface area (Å²) in [6.07, 6.45) is 2.31. The third-order valence-electron chi connectivity index (χ3n) is 4.07. The van der Waals surface area contributed by atoms with Gasteiger partial charge in [0.15, 0.2) is 0 Å². The van der Waals surface area contributed by atoms with Crippen molar-refractivity contribution in [3.05, 3.63) is 29.8 Å². The van der Waals surface area contributed by atoms with Crippen LogP contribution >= 0.6 is 0 Å². The van der Waals surface area contributed by atoms with Crippen LogP contribution in [0.2, 0.25) is 0 Å². The van der Waals surface area contributed by atoms with Crippen molar-refractivity contribution in [2.75, 3.05) is 25.0 Å². The van der Waals surface area contributed by atoms with Crippen molar-refractivity contribution in [1.29, 1.82) is 0 Å². The van der Waals surface area contributed by atoms with Crippen LogP contribution in [0, 0.1) is 6.92 Å².